The second-order valence-electron chi connectivity index (χ2n) is 6.15. The molecule has 1 heterocycles. The molecule has 1 saturated heterocycles. The van der Waals surface area contributed by atoms with Crippen molar-refractivity contribution in [1.82, 2.24) is 15.5 Å². The maximum Gasteiger partial charge on any atom is 0.237 e. The molecule has 1 amide bonds. The lowest BCUT2D eigenvalue weighted by molar-refractivity contribution is -0.126. The minimum absolute atomic E-state index is 0.0327. The Kier molecular flexibility index (Phi) is 6.80. The van der Waals surface area contributed by atoms with Crippen LogP contribution in [0.5, 0.6) is 0 Å². The Balaban J connectivity index is 2.27. The number of hydrogen-bond donors (Lipinski definition) is 2. The summed E-state index contributed by atoms with van der Waals surface area (Å²) in [6.45, 7) is 13.7. The van der Waals surface area contributed by atoms with E-state index in [-0.39, 0.29) is 17.4 Å². The van der Waals surface area contributed by atoms with Gasteiger partial charge in [-0.1, -0.05) is 27.7 Å². The largest absolute Gasteiger partial charge is 0.355 e. The summed E-state index contributed by atoms with van der Waals surface area (Å²) in [6, 6.07) is -0.0327. The Morgan fingerprint density at radius 2 is 2.05 bits per heavy atom. The van der Waals surface area contributed by atoms with Gasteiger partial charge in [0.25, 0.3) is 0 Å². The zero-order chi connectivity index (χ0) is 14.3. The van der Waals surface area contributed by atoms with Gasteiger partial charge in [-0.15, -0.1) is 0 Å². The Morgan fingerprint density at radius 1 is 1.37 bits per heavy atom. The molecule has 4 nitrogen and oxygen atoms in total. The fraction of sp³-hybridized carbons (Fsp3) is 0.933. The van der Waals surface area contributed by atoms with Crippen LogP contribution in [-0.4, -0.2) is 49.6 Å². The molecule has 1 rings (SSSR count). The van der Waals surface area contributed by atoms with E-state index in [9.17, 15) is 4.79 Å². The SMILES string of the molecule is CCN(CC)CCCNC(=O)C1NCCCC1(C)C. The fourth-order valence-electron chi connectivity index (χ4n) is 2.81. The summed E-state index contributed by atoms with van der Waals surface area (Å²) in [5.41, 5.74) is 0.0706. The summed E-state index contributed by atoms with van der Waals surface area (Å²) in [7, 11) is 0. The molecule has 0 saturated carbocycles. The lowest BCUT2D eigenvalue weighted by Gasteiger charge is -2.38. The van der Waals surface area contributed by atoms with E-state index < -0.39 is 0 Å². The zero-order valence-corrected chi connectivity index (χ0v) is 13.1. The molecule has 1 aliphatic rings. The van der Waals surface area contributed by atoms with Crippen molar-refractivity contribution in [2.24, 2.45) is 5.41 Å². The lowest BCUT2D eigenvalue weighted by atomic mass is 9.77. The first-order valence-electron chi connectivity index (χ1n) is 7.74. The molecule has 1 atom stereocenters. The topological polar surface area (TPSA) is 44.4 Å². The van der Waals surface area contributed by atoms with Crippen LogP contribution in [0.15, 0.2) is 0 Å². The van der Waals surface area contributed by atoms with Crippen molar-refractivity contribution >= 4 is 5.91 Å². The van der Waals surface area contributed by atoms with Crippen LogP contribution in [0.2, 0.25) is 0 Å². The van der Waals surface area contributed by atoms with E-state index >= 15 is 0 Å². The highest BCUT2D eigenvalue weighted by Crippen LogP contribution is 2.29. The van der Waals surface area contributed by atoms with E-state index in [4.69, 9.17) is 0 Å². The molecule has 1 unspecified atom stereocenters. The maximum atomic E-state index is 12.2. The Morgan fingerprint density at radius 3 is 2.63 bits per heavy atom. The Labute approximate surface area is 118 Å². The van der Waals surface area contributed by atoms with Crippen molar-refractivity contribution in [3.05, 3.63) is 0 Å². The van der Waals surface area contributed by atoms with E-state index in [1.54, 1.807) is 0 Å². The summed E-state index contributed by atoms with van der Waals surface area (Å²) < 4.78 is 0. The van der Waals surface area contributed by atoms with Crippen LogP contribution in [0.1, 0.15) is 47.0 Å². The highest BCUT2D eigenvalue weighted by molar-refractivity contribution is 5.82. The van der Waals surface area contributed by atoms with Gasteiger partial charge in [-0.2, -0.15) is 0 Å². The Hall–Kier alpha value is -0.610. The van der Waals surface area contributed by atoms with Crippen LogP contribution in [0.3, 0.4) is 0 Å². The Bertz CT molecular complexity index is 275. The third-order valence-corrected chi connectivity index (χ3v) is 4.23. The molecule has 112 valence electrons. The minimum atomic E-state index is -0.0327. The third-order valence-electron chi connectivity index (χ3n) is 4.23. The van der Waals surface area contributed by atoms with Gasteiger partial charge in [0, 0.05) is 6.54 Å². The van der Waals surface area contributed by atoms with Gasteiger partial charge in [-0.3, -0.25) is 4.79 Å². The molecule has 4 heteroatoms. The molecule has 0 aromatic heterocycles. The highest BCUT2D eigenvalue weighted by atomic mass is 16.2. The number of piperidine rings is 1. The van der Waals surface area contributed by atoms with Gasteiger partial charge in [-0.05, 0) is 50.9 Å². The van der Waals surface area contributed by atoms with E-state index in [1.165, 1.54) is 6.42 Å². The molecule has 0 aromatic carbocycles. The van der Waals surface area contributed by atoms with E-state index in [0.717, 1.165) is 45.6 Å². The standard InChI is InChI=1S/C15H31N3O/c1-5-18(6-2)12-8-11-17-14(19)13-15(3,4)9-7-10-16-13/h13,16H,5-12H2,1-4H3,(H,17,19). The van der Waals surface area contributed by atoms with E-state index in [0.29, 0.717) is 0 Å². The third kappa shape index (κ3) is 5.11. The molecule has 0 aliphatic carbocycles. The quantitative estimate of drug-likeness (QED) is 0.690. The lowest BCUT2D eigenvalue weighted by Crippen LogP contribution is -2.55. The number of amides is 1. The molecule has 1 fully saturated rings. The van der Waals surface area contributed by atoms with Crippen molar-refractivity contribution in [1.29, 1.82) is 0 Å². The summed E-state index contributed by atoms with van der Waals surface area (Å²) in [4.78, 5) is 14.6. The average molecular weight is 269 g/mol. The van der Waals surface area contributed by atoms with E-state index in [2.05, 4.69) is 43.2 Å². The minimum Gasteiger partial charge on any atom is -0.355 e. The molecular formula is C15H31N3O. The van der Waals surface area contributed by atoms with Crippen molar-refractivity contribution in [2.45, 2.75) is 53.0 Å². The van der Waals surface area contributed by atoms with Crippen molar-refractivity contribution in [3.63, 3.8) is 0 Å². The van der Waals surface area contributed by atoms with Crippen LogP contribution < -0.4 is 10.6 Å². The van der Waals surface area contributed by atoms with E-state index in [1.807, 2.05) is 0 Å². The number of carbonyl (C=O) groups excluding carboxylic acids is 1. The number of carbonyl (C=O) groups is 1. The summed E-state index contributed by atoms with van der Waals surface area (Å²) in [6.07, 6.45) is 3.32. The number of nitrogens with one attached hydrogen (secondary N) is 2. The first-order valence-corrected chi connectivity index (χ1v) is 7.74. The first kappa shape index (κ1) is 16.4. The van der Waals surface area contributed by atoms with Crippen LogP contribution in [0.4, 0.5) is 0 Å². The summed E-state index contributed by atoms with van der Waals surface area (Å²) in [5.74, 6) is 0.171. The predicted molar refractivity (Wildman–Crippen MR) is 80.2 cm³/mol. The second kappa shape index (κ2) is 7.85. The summed E-state index contributed by atoms with van der Waals surface area (Å²) in [5, 5.41) is 6.44. The molecule has 19 heavy (non-hydrogen) atoms. The molecule has 2 N–H and O–H groups in total. The first-order chi connectivity index (χ1) is 9.01. The fourth-order valence-corrected chi connectivity index (χ4v) is 2.81. The van der Waals surface area contributed by atoms with Gasteiger partial charge in [0.2, 0.25) is 5.91 Å². The second-order valence-corrected chi connectivity index (χ2v) is 6.15. The molecule has 0 bridgehead atoms. The highest BCUT2D eigenvalue weighted by Gasteiger charge is 2.36. The number of hydrogen-bond acceptors (Lipinski definition) is 3. The van der Waals surface area contributed by atoms with Gasteiger partial charge in [0.15, 0.2) is 0 Å². The normalized spacial score (nSPS) is 22.5. The van der Waals surface area contributed by atoms with Gasteiger partial charge in [0.1, 0.15) is 0 Å². The zero-order valence-electron chi connectivity index (χ0n) is 13.1. The van der Waals surface area contributed by atoms with Crippen molar-refractivity contribution in [2.75, 3.05) is 32.7 Å². The number of nitrogens with zero attached hydrogens (tertiary/aromatic N) is 1. The van der Waals surface area contributed by atoms with Crippen LogP contribution >= 0.6 is 0 Å². The van der Waals surface area contributed by atoms with Crippen LogP contribution in [0, 0.1) is 5.41 Å². The van der Waals surface area contributed by atoms with Crippen molar-refractivity contribution in [3.8, 4) is 0 Å². The average Bonchev–Trinajstić information content (AvgIpc) is 2.38. The van der Waals surface area contributed by atoms with Crippen LogP contribution in [-0.2, 0) is 4.79 Å². The smallest absolute Gasteiger partial charge is 0.237 e. The van der Waals surface area contributed by atoms with Gasteiger partial charge in [-0.25, -0.2) is 0 Å². The van der Waals surface area contributed by atoms with Gasteiger partial charge in [0.05, 0.1) is 6.04 Å². The van der Waals surface area contributed by atoms with Crippen LogP contribution in [0.25, 0.3) is 0 Å². The monoisotopic (exact) mass is 269 g/mol. The molecular weight excluding hydrogens is 238 g/mol. The molecule has 0 spiro atoms. The summed E-state index contributed by atoms with van der Waals surface area (Å²) >= 11 is 0. The van der Waals surface area contributed by atoms with Gasteiger partial charge >= 0.3 is 0 Å². The number of rotatable bonds is 7. The molecule has 1 aliphatic heterocycles. The predicted octanol–water partition coefficient (Wildman–Crippen LogP) is 1.61. The maximum absolute atomic E-state index is 12.2. The molecule has 0 radical (unpaired) electrons. The van der Waals surface area contributed by atoms with Gasteiger partial charge < -0.3 is 15.5 Å². The van der Waals surface area contributed by atoms with Crippen molar-refractivity contribution < 1.29 is 4.79 Å². The molecule has 0 aromatic rings.